The molecule has 0 unspecified atom stereocenters. The van der Waals surface area contributed by atoms with Crippen molar-refractivity contribution in [3.05, 3.63) is 53.9 Å². The van der Waals surface area contributed by atoms with Crippen molar-refractivity contribution in [2.24, 2.45) is 5.10 Å². The van der Waals surface area contributed by atoms with Crippen molar-refractivity contribution in [2.75, 3.05) is 7.05 Å². The number of fused-ring (bicyclic) bond motifs is 2. The summed E-state index contributed by atoms with van der Waals surface area (Å²) in [6.45, 7) is 5.80. The van der Waals surface area contributed by atoms with Crippen LogP contribution in [0.25, 0.3) is 22.5 Å². The fourth-order valence-electron chi connectivity index (χ4n) is 2.90. The highest BCUT2D eigenvalue weighted by Gasteiger charge is 2.11. The van der Waals surface area contributed by atoms with Crippen molar-refractivity contribution in [3.8, 4) is 0 Å². The van der Waals surface area contributed by atoms with Gasteiger partial charge in [0.1, 0.15) is 5.65 Å². The minimum absolute atomic E-state index is 0.0780. The van der Waals surface area contributed by atoms with Gasteiger partial charge in [0.25, 0.3) is 0 Å². The molecule has 0 bridgehead atoms. The van der Waals surface area contributed by atoms with E-state index in [2.05, 4.69) is 37.1 Å². The summed E-state index contributed by atoms with van der Waals surface area (Å²) < 4.78 is 3.56. The number of rotatable bonds is 6. The molecule has 28 heavy (non-hydrogen) atoms. The van der Waals surface area contributed by atoms with Crippen molar-refractivity contribution in [2.45, 2.75) is 20.1 Å². The summed E-state index contributed by atoms with van der Waals surface area (Å²) in [7, 11) is 1.79. The summed E-state index contributed by atoms with van der Waals surface area (Å²) in [5, 5.41) is 23.2. The van der Waals surface area contributed by atoms with E-state index in [0.717, 1.165) is 22.5 Å². The van der Waals surface area contributed by atoms with E-state index in [1.165, 1.54) is 0 Å². The Balaban J connectivity index is 1.70. The summed E-state index contributed by atoms with van der Waals surface area (Å²) in [5.74, 6) is 0. The Morgan fingerprint density at radius 3 is 2.96 bits per heavy atom. The number of aliphatic hydroxyl groups is 1. The molecule has 4 aromatic rings. The number of imidazole rings is 1. The molecule has 0 aromatic carbocycles. The predicted octanol–water partition coefficient (Wildman–Crippen LogP) is 1.32. The lowest BCUT2D eigenvalue weighted by atomic mass is 10.2. The molecule has 142 valence electrons. The molecule has 4 heterocycles. The van der Waals surface area contributed by atoms with E-state index in [9.17, 15) is 5.11 Å². The maximum Gasteiger partial charge on any atom is 0.221 e. The van der Waals surface area contributed by atoms with Crippen LogP contribution in [0.3, 0.4) is 0 Å². The van der Waals surface area contributed by atoms with Crippen LogP contribution in [0.4, 0.5) is 0 Å². The van der Waals surface area contributed by atoms with Crippen molar-refractivity contribution >= 4 is 29.2 Å². The van der Waals surface area contributed by atoms with Crippen LogP contribution >= 0.6 is 0 Å². The fraction of sp³-hybridized carbons (Fsp3) is 0.222. The lowest BCUT2D eigenvalue weighted by Gasteiger charge is -2.08. The first kappa shape index (κ1) is 17.7. The molecule has 0 saturated heterocycles. The highest BCUT2D eigenvalue weighted by Crippen LogP contribution is 2.16. The molecule has 4 rings (SSSR count). The van der Waals surface area contributed by atoms with E-state index >= 15 is 0 Å². The second kappa shape index (κ2) is 7.16. The smallest absolute Gasteiger partial charge is 0.221 e. The predicted molar refractivity (Wildman–Crippen MR) is 104 cm³/mol. The number of nitrogens with zero attached hydrogens (tertiary/aromatic N) is 9. The summed E-state index contributed by atoms with van der Waals surface area (Å²) in [6, 6.07) is 3.86. The Morgan fingerprint density at radius 1 is 1.32 bits per heavy atom. The zero-order chi connectivity index (χ0) is 19.7. The van der Waals surface area contributed by atoms with Gasteiger partial charge in [0.05, 0.1) is 36.9 Å². The van der Waals surface area contributed by atoms with Gasteiger partial charge in [-0.05, 0) is 24.1 Å². The molecule has 0 amide bonds. The summed E-state index contributed by atoms with van der Waals surface area (Å²) in [4.78, 5) is 13.3. The highest BCUT2D eigenvalue weighted by atomic mass is 16.3. The van der Waals surface area contributed by atoms with Crippen molar-refractivity contribution < 1.29 is 5.11 Å². The number of hydrazone groups is 1. The second-order valence-corrected chi connectivity index (χ2v) is 6.35. The number of allylic oxidation sites excluding steroid dienone is 1. The lowest BCUT2D eigenvalue weighted by Crippen LogP contribution is -2.06. The van der Waals surface area contributed by atoms with Gasteiger partial charge in [-0.25, -0.2) is 19.6 Å². The Kier molecular flexibility index (Phi) is 4.53. The Labute approximate surface area is 160 Å². The molecular weight excluding hydrogens is 358 g/mol. The molecule has 0 fully saturated rings. The van der Waals surface area contributed by atoms with Crippen molar-refractivity contribution in [3.63, 3.8) is 0 Å². The average molecular weight is 377 g/mol. The van der Waals surface area contributed by atoms with Gasteiger partial charge in [0.2, 0.25) is 5.65 Å². The first-order chi connectivity index (χ1) is 13.6. The van der Waals surface area contributed by atoms with Gasteiger partial charge < -0.3 is 9.51 Å². The van der Waals surface area contributed by atoms with Gasteiger partial charge >= 0.3 is 0 Å². The van der Waals surface area contributed by atoms with E-state index in [1.807, 2.05) is 35.9 Å². The molecule has 0 spiro atoms. The van der Waals surface area contributed by atoms with Gasteiger partial charge in [-0.15, -0.1) is 5.10 Å². The van der Waals surface area contributed by atoms with E-state index in [4.69, 9.17) is 0 Å². The topological polar surface area (TPSA) is 110 Å². The lowest BCUT2D eigenvalue weighted by molar-refractivity contribution is 0.276. The summed E-state index contributed by atoms with van der Waals surface area (Å²) in [5.41, 5.74) is 5.15. The van der Waals surface area contributed by atoms with Crippen LogP contribution < -0.4 is 0 Å². The molecule has 0 aliphatic rings. The minimum Gasteiger partial charge on any atom is -0.390 e. The van der Waals surface area contributed by atoms with Crippen LogP contribution in [0, 0.1) is 0 Å². The fourth-order valence-corrected chi connectivity index (χ4v) is 2.90. The van der Waals surface area contributed by atoms with Crippen molar-refractivity contribution in [1.82, 2.24) is 39.4 Å². The van der Waals surface area contributed by atoms with E-state index in [1.54, 1.807) is 29.1 Å². The summed E-state index contributed by atoms with van der Waals surface area (Å²) in [6.07, 6.45) is 7.07. The highest BCUT2D eigenvalue weighted by molar-refractivity contribution is 5.69. The van der Waals surface area contributed by atoms with E-state index in [0.29, 0.717) is 23.5 Å². The quantitative estimate of drug-likeness (QED) is 0.398. The molecule has 4 aromatic heterocycles. The molecule has 1 N–H and O–H groups in total. The zero-order valence-corrected chi connectivity index (χ0v) is 15.6. The van der Waals surface area contributed by atoms with Crippen LogP contribution in [0.5, 0.6) is 0 Å². The van der Waals surface area contributed by atoms with Gasteiger partial charge in [-0.1, -0.05) is 11.3 Å². The maximum absolute atomic E-state index is 9.45. The molecule has 0 aliphatic heterocycles. The standard InChI is InChI=1S/C18H19N9O/c1-12(8-25(3)19-2)15-7-21-17-18(22-15)27(24-23-17)10-13-4-5-16-20-6-14(11-28)26(16)9-13/h4-9,28H,2,10-11H2,1,3H3. The van der Waals surface area contributed by atoms with Crippen LogP contribution in [-0.4, -0.2) is 58.2 Å². The van der Waals surface area contributed by atoms with Crippen LogP contribution in [-0.2, 0) is 13.2 Å². The Morgan fingerprint density at radius 2 is 2.18 bits per heavy atom. The molecular formula is C18H19N9O. The maximum atomic E-state index is 9.45. The minimum atomic E-state index is -0.0780. The molecule has 0 saturated carbocycles. The number of hydrogen-bond acceptors (Lipinski definition) is 8. The van der Waals surface area contributed by atoms with Gasteiger partial charge in [0.15, 0.2) is 5.65 Å². The molecule has 10 heteroatoms. The molecule has 0 aliphatic carbocycles. The van der Waals surface area contributed by atoms with Gasteiger partial charge in [-0.2, -0.15) is 5.10 Å². The third kappa shape index (κ3) is 3.21. The number of hydrogen-bond donors (Lipinski definition) is 1. The number of aliphatic hydroxyl groups excluding tert-OH is 1. The monoisotopic (exact) mass is 377 g/mol. The van der Waals surface area contributed by atoms with Crippen LogP contribution in [0.15, 0.2) is 42.0 Å². The first-order valence-corrected chi connectivity index (χ1v) is 8.59. The second-order valence-electron chi connectivity index (χ2n) is 6.35. The molecule has 10 nitrogen and oxygen atoms in total. The zero-order valence-electron chi connectivity index (χ0n) is 15.6. The van der Waals surface area contributed by atoms with Crippen LogP contribution in [0.2, 0.25) is 0 Å². The third-order valence-corrected chi connectivity index (χ3v) is 4.37. The summed E-state index contributed by atoms with van der Waals surface area (Å²) >= 11 is 0. The number of pyridine rings is 1. The van der Waals surface area contributed by atoms with Gasteiger partial charge in [-0.3, -0.25) is 5.01 Å². The first-order valence-electron chi connectivity index (χ1n) is 8.59. The Hall–Kier alpha value is -3.66. The largest absolute Gasteiger partial charge is 0.390 e. The normalized spacial score (nSPS) is 12.0. The number of aromatic nitrogens is 7. The third-order valence-electron chi connectivity index (χ3n) is 4.37. The SMILES string of the molecule is C=NN(C)C=C(C)c1cnc2nnn(Cc3ccc4ncc(CO)n4c3)c2n1. The Bertz CT molecular complexity index is 1190. The van der Waals surface area contributed by atoms with E-state index in [-0.39, 0.29) is 6.61 Å². The average Bonchev–Trinajstić information content (AvgIpc) is 3.31. The van der Waals surface area contributed by atoms with Crippen LogP contribution in [0.1, 0.15) is 23.9 Å². The van der Waals surface area contributed by atoms with Crippen molar-refractivity contribution in [1.29, 1.82) is 0 Å². The molecule has 0 radical (unpaired) electrons. The molecule has 0 atom stereocenters. The van der Waals surface area contributed by atoms with Gasteiger partial charge in [0, 0.05) is 26.2 Å². The van der Waals surface area contributed by atoms with E-state index < -0.39 is 0 Å².